The molecule has 0 heterocycles. The Balaban J connectivity index is 2.32. The van der Waals surface area contributed by atoms with Gasteiger partial charge < -0.3 is 4.74 Å². The molecule has 0 radical (unpaired) electrons. The van der Waals surface area contributed by atoms with Gasteiger partial charge in [0.25, 0.3) is 0 Å². The van der Waals surface area contributed by atoms with Crippen molar-refractivity contribution in [3.05, 3.63) is 57.5 Å². The molecule has 0 saturated carbocycles. The first-order chi connectivity index (χ1) is 7.27. The van der Waals surface area contributed by atoms with Gasteiger partial charge in [0.1, 0.15) is 5.75 Å². The molecule has 0 aromatic heterocycles. The van der Waals surface area contributed by atoms with Crippen LogP contribution in [-0.2, 0) is 0 Å². The Morgan fingerprint density at radius 3 is 1.93 bits per heavy atom. The maximum atomic E-state index is 5.75. The van der Waals surface area contributed by atoms with Crippen LogP contribution in [0.4, 0.5) is 0 Å². The summed E-state index contributed by atoms with van der Waals surface area (Å²) < 4.78 is 7.61. The van der Waals surface area contributed by atoms with Crippen molar-refractivity contribution in [2.45, 2.75) is 0 Å². The minimum atomic E-state index is 0.795. The maximum Gasteiger partial charge on any atom is 0.155 e. The quantitative estimate of drug-likeness (QED) is 0.753. The lowest BCUT2D eigenvalue weighted by Crippen LogP contribution is -1.86. The van der Waals surface area contributed by atoms with Gasteiger partial charge >= 0.3 is 0 Å². The fraction of sp³-hybridized carbons (Fsp3) is 0. The van der Waals surface area contributed by atoms with Crippen molar-refractivity contribution < 1.29 is 4.74 Å². The predicted octanol–water partition coefficient (Wildman–Crippen LogP) is 5.00. The summed E-state index contributed by atoms with van der Waals surface area (Å²) >= 11 is 6.90. The Morgan fingerprint density at radius 1 is 0.733 bits per heavy atom. The molecule has 0 aliphatic heterocycles. The highest BCUT2D eigenvalue weighted by molar-refractivity contribution is 9.11. The molecule has 0 unspecified atom stereocenters. The molecular formula is C12H8Br2O. The highest BCUT2D eigenvalue weighted by Crippen LogP contribution is 2.36. The molecule has 76 valence electrons. The summed E-state index contributed by atoms with van der Waals surface area (Å²) in [5.74, 6) is 1.62. The summed E-state index contributed by atoms with van der Waals surface area (Å²) in [6.45, 7) is 0. The minimum Gasteiger partial charge on any atom is -0.455 e. The van der Waals surface area contributed by atoms with Crippen LogP contribution in [0, 0.1) is 0 Å². The lowest BCUT2D eigenvalue weighted by atomic mass is 10.3. The smallest absolute Gasteiger partial charge is 0.155 e. The molecule has 2 rings (SSSR count). The standard InChI is InChI=1S/C12H8Br2O/c13-10-7-4-8-11(14)12(10)15-9-5-2-1-3-6-9/h1-8H. The van der Waals surface area contributed by atoms with E-state index in [4.69, 9.17) is 4.74 Å². The molecule has 0 saturated heterocycles. The van der Waals surface area contributed by atoms with Gasteiger partial charge in [0, 0.05) is 0 Å². The van der Waals surface area contributed by atoms with E-state index in [0.717, 1.165) is 20.4 Å². The van der Waals surface area contributed by atoms with E-state index in [1.54, 1.807) is 0 Å². The van der Waals surface area contributed by atoms with Crippen molar-refractivity contribution in [2.24, 2.45) is 0 Å². The number of hydrogen-bond donors (Lipinski definition) is 0. The summed E-state index contributed by atoms with van der Waals surface area (Å²) in [5.41, 5.74) is 0. The fourth-order valence-electron chi connectivity index (χ4n) is 1.19. The molecule has 0 amide bonds. The second-order valence-electron chi connectivity index (χ2n) is 2.97. The average Bonchev–Trinajstić information content (AvgIpc) is 2.25. The normalized spacial score (nSPS) is 10.0. The van der Waals surface area contributed by atoms with Gasteiger partial charge in [-0.15, -0.1) is 0 Å². The molecule has 0 atom stereocenters. The van der Waals surface area contributed by atoms with Crippen molar-refractivity contribution in [3.8, 4) is 11.5 Å². The highest BCUT2D eigenvalue weighted by Gasteiger charge is 2.06. The van der Waals surface area contributed by atoms with E-state index in [1.807, 2.05) is 48.5 Å². The molecule has 2 aromatic rings. The molecule has 15 heavy (non-hydrogen) atoms. The molecule has 0 N–H and O–H groups in total. The van der Waals surface area contributed by atoms with Crippen molar-refractivity contribution >= 4 is 31.9 Å². The van der Waals surface area contributed by atoms with Gasteiger partial charge in [-0.05, 0) is 56.1 Å². The monoisotopic (exact) mass is 326 g/mol. The second-order valence-corrected chi connectivity index (χ2v) is 4.67. The molecule has 0 spiro atoms. The zero-order valence-corrected chi connectivity index (χ0v) is 11.0. The van der Waals surface area contributed by atoms with Crippen LogP contribution in [0.1, 0.15) is 0 Å². The van der Waals surface area contributed by atoms with Gasteiger partial charge in [0.15, 0.2) is 5.75 Å². The zero-order chi connectivity index (χ0) is 10.7. The van der Waals surface area contributed by atoms with E-state index in [1.165, 1.54) is 0 Å². The first-order valence-corrected chi connectivity index (χ1v) is 6.03. The van der Waals surface area contributed by atoms with Crippen molar-refractivity contribution in [1.82, 2.24) is 0 Å². The molecule has 2 aromatic carbocycles. The van der Waals surface area contributed by atoms with Crippen LogP contribution in [0.3, 0.4) is 0 Å². The van der Waals surface area contributed by atoms with E-state index in [-0.39, 0.29) is 0 Å². The maximum absolute atomic E-state index is 5.75. The molecular weight excluding hydrogens is 320 g/mol. The van der Waals surface area contributed by atoms with Gasteiger partial charge in [0.2, 0.25) is 0 Å². The number of halogens is 2. The molecule has 0 bridgehead atoms. The van der Waals surface area contributed by atoms with Crippen LogP contribution < -0.4 is 4.74 Å². The fourth-order valence-corrected chi connectivity index (χ4v) is 2.35. The lowest BCUT2D eigenvalue weighted by Gasteiger charge is -2.09. The van der Waals surface area contributed by atoms with Crippen LogP contribution in [0.2, 0.25) is 0 Å². The van der Waals surface area contributed by atoms with Gasteiger partial charge in [-0.2, -0.15) is 0 Å². The Hall–Kier alpha value is -0.800. The molecule has 0 fully saturated rings. The highest BCUT2D eigenvalue weighted by atomic mass is 79.9. The first-order valence-electron chi connectivity index (χ1n) is 4.44. The molecule has 1 nitrogen and oxygen atoms in total. The Morgan fingerprint density at radius 2 is 1.33 bits per heavy atom. The SMILES string of the molecule is Brc1cccc(Br)c1Oc1ccccc1. The Bertz CT molecular complexity index is 434. The number of para-hydroxylation sites is 2. The molecule has 3 heteroatoms. The minimum absolute atomic E-state index is 0.795. The van der Waals surface area contributed by atoms with Crippen molar-refractivity contribution in [1.29, 1.82) is 0 Å². The largest absolute Gasteiger partial charge is 0.455 e. The van der Waals surface area contributed by atoms with Gasteiger partial charge in [0.05, 0.1) is 8.95 Å². The Kier molecular flexibility index (Phi) is 3.44. The number of hydrogen-bond acceptors (Lipinski definition) is 1. The van der Waals surface area contributed by atoms with Crippen LogP contribution in [0.5, 0.6) is 11.5 Å². The third-order valence-electron chi connectivity index (χ3n) is 1.88. The average molecular weight is 328 g/mol. The predicted molar refractivity (Wildman–Crippen MR) is 68.4 cm³/mol. The van der Waals surface area contributed by atoms with Crippen LogP contribution in [0.15, 0.2) is 57.5 Å². The zero-order valence-electron chi connectivity index (χ0n) is 7.78. The van der Waals surface area contributed by atoms with Crippen LogP contribution >= 0.6 is 31.9 Å². The van der Waals surface area contributed by atoms with E-state index in [9.17, 15) is 0 Å². The topological polar surface area (TPSA) is 9.23 Å². The van der Waals surface area contributed by atoms with Gasteiger partial charge in [-0.3, -0.25) is 0 Å². The molecule has 0 aliphatic carbocycles. The summed E-state index contributed by atoms with van der Waals surface area (Å²) in [6, 6.07) is 15.5. The summed E-state index contributed by atoms with van der Waals surface area (Å²) in [5, 5.41) is 0. The van der Waals surface area contributed by atoms with Crippen LogP contribution in [-0.4, -0.2) is 0 Å². The van der Waals surface area contributed by atoms with E-state index < -0.39 is 0 Å². The lowest BCUT2D eigenvalue weighted by molar-refractivity contribution is 0.476. The van der Waals surface area contributed by atoms with Crippen molar-refractivity contribution in [3.63, 3.8) is 0 Å². The molecule has 0 aliphatic rings. The van der Waals surface area contributed by atoms with E-state index >= 15 is 0 Å². The van der Waals surface area contributed by atoms with Crippen molar-refractivity contribution in [2.75, 3.05) is 0 Å². The summed E-state index contributed by atoms with van der Waals surface area (Å²) in [6.07, 6.45) is 0. The number of benzene rings is 2. The second kappa shape index (κ2) is 4.81. The summed E-state index contributed by atoms with van der Waals surface area (Å²) in [7, 11) is 0. The van der Waals surface area contributed by atoms with Gasteiger partial charge in [-0.1, -0.05) is 24.3 Å². The number of rotatable bonds is 2. The summed E-state index contributed by atoms with van der Waals surface area (Å²) in [4.78, 5) is 0. The van der Waals surface area contributed by atoms with Gasteiger partial charge in [-0.25, -0.2) is 0 Å². The third kappa shape index (κ3) is 2.61. The third-order valence-corrected chi connectivity index (χ3v) is 3.13. The number of ether oxygens (including phenoxy) is 1. The van der Waals surface area contributed by atoms with E-state index in [0.29, 0.717) is 0 Å². The Labute approximate surface area is 105 Å². The van der Waals surface area contributed by atoms with Crippen LogP contribution in [0.25, 0.3) is 0 Å². The first kappa shape index (κ1) is 10.7. The van der Waals surface area contributed by atoms with E-state index in [2.05, 4.69) is 31.9 Å².